The van der Waals surface area contributed by atoms with E-state index in [0.29, 0.717) is 11.4 Å². The lowest BCUT2D eigenvalue weighted by Crippen LogP contribution is -2.40. The van der Waals surface area contributed by atoms with Crippen molar-refractivity contribution in [3.05, 3.63) is 58.6 Å². The molecular formula is C18H18BrF3N4O2. The number of halogens is 4. The SMILES string of the molecule is C[C@H]1OCC(C(F)F)N=C1N.O=C(Nc1ccc(F)cc1)c1ccc(Br)cn1. The number of benzene rings is 1. The van der Waals surface area contributed by atoms with Gasteiger partial charge in [0.15, 0.2) is 0 Å². The van der Waals surface area contributed by atoms with Gasteiger partial charge in [0.1, 0.15) is 29.5 Å². The Morgan fingerprint density at radius 3 is 2.50 bits per heavy atom. The summed E-state index contributed by atoms with van der Waals surface area (Å²) < 4.78 is 42.3. The third kappa shape index (κ3) is 6.61. The zero-order chi connectivity index (χ0) is 20.7. The van der Waals surface area contributed by atoms with Crippen molar-refractivity contribution in [1.82, 2.24) is 4.98 Å². The van der Waals surface area contributed by atoms with Crippen LogP contribution < -0.4 is 11.1 Å². The summed E-state index contributed by atoms with van der Waals surface area (Å²) in [5, 5.41) is 2.62. The van der Waals surface area contributed by atoms with Crippen LogP contribution in [-0.4, -0.2) is 41.9 Å². The molecule has 150 valence electrons. The summed E-state index contributed by atoms with van der Waals surface area (Å²) in [7, 11) is 0. The van der Waals surface area contributed by atoms with Crippen molar-refractivity contribution in [3.63, 3.8) is 0 Å². The van der Waals surface area contributed by atoms with Crippen molar-refractivity contribution in [2.45, 2.75) is 25.5 Å². The van der Waals surface area contributed by atoms with E-state index in [1.807, 2.05) is 0 Å². The second-order valence-electron chi connectivity index (χ2n) is 5.75. The molecule has 0 aliphatic carbocycles. The Bertz CT molecular complexity index is 817. The minimum absolute atomic E-state index is 0.0421. The van der Waals surface area contributed by atoms with Crippen LogP contribution in [-0.2, 0) is 4.74 Å². The summed E-state index contributed by atoms with van der Waals surface area (Å²) in [5.74, 6) is -0.518. The molecule has 0 spiro atoms. The number of anilines is 1. The molecule has 28 heavy (non-hydrogen) atoms. The summed E-state index contributed by atoms with van der Waals surface area (Å²) in [6.07, 6.45) is -1.27. The molecule has 2 aromatic rings. The molecule has 0 saturated heterocycles. The lowest BCUT2D eigenvalue weighted by Gasteiger charge is -2.23. The number of carbonyl (C=O) groups is 1. The molecule has 3 rings (SSSR count). The number of amidine groups is 1. The number of pyridine rings is 1. The van der Waals surface area contributed by atoms with Gasteiger partial charge in [-0.2, -0.15) is 0 Å². The smallest absolute Gasteiger partial charge is 0.274 e. The average Bonchev–Trinajstić information content (AvgIpc) is 2.66. The predicted octanol–water partition coefficient (Wildman–Crippen LogP) is 3.63. The molecule has 2 atom stereocenters. The van der Waals surface area contributed by atoms with Crippen LogP contribution in [0.2, 0.25) is 0 Å². The highest BCUT2D eigenvalue weighted by Gasteiger charge is 2.26. The van der Waals surface area contributed by atoms with Gasteiger partial charge in [0.05, 0.1) is 6.61 Å². The Morgan fingerprint density at radius 1 is 1.29 bits per heavy atom. The fourth-order valence-electron chi connectivity index (χ4n) is 2.03. The first-order chi connectivity index (χ1) is 13.3. The van der Waals surface area contributed by atoms with Crippen molar-refractivity contribution in [2.75, 3.05) is 11.9 Å². The maximum Gasteiger partial charge on any atom is 0.274 e. The van der Waals surface area contributed by atoms with Crippen LogP contribution in [0.4, 0.5) is 18.9 Å². The van der Waals surface area contributed by atoms with Gasteiger partial charge in [-0.3, -0.25) is 9.79 Å². The summed E-state index contributed by atoms with van der Waals surface area (Å²) >= 11 is 3.23. The van der Waals surface area contributed by atoms with E-state index in [1.54, 1.807) is 25.3 Å². The van der Waals surface area contributed by atoms with E-state index in [1.165, 1.54) is 24.3 Å². The highest BCUT2D eigenvalue weighted by molar-refractivity contribution is 9.10. The van der Waals surface area contributed by atoms with E-state index < -0.39 is 12.5 Å². The van der Waals surface area contributed by atoms with Gasteiger partial charge in [0.2, 0.25) is 0 Å². The normalized spacial score (nSPS) is 18.7. The van der Waals surface area contributed by atoms with Crippen LogP contribution in [0.15, 0.2) is 52.1 Å². The molecule has 0 radical (unpaired) electrons. The van der Waals surface area contributed by atoms with Crippen molar-refractivity contribution in [1.29, 1.82) is 0 Å². The molecular weight excluding hydrogens is 441 g/mol. The second kappa shape index (κ2) is 10.2. The molecule has 1 unspecified atom stereocenters. The van der Waals surface area contributed by atoms with Crippen LogP contribution in [0, 0.1) is 5.82 Å². The van der Waals surface area contributed by atoms with Gasteiger partial charge in [-0.25, -0.2) is 18.2 Å². The van der Waals surface area contributed by atoms with E-state index in [-0.39, 0.29) is 30.3 Å². The number of hydrogen-bond acceptors (Lipinski definition) is 5. The molecule has 1 amide bonds. The lowest BCUT2D eigenvalue weighted by molar-refractivity contribution is 0.0243. The fourth-order valence-corrected chi connectivity index (χ4v) is 2.26. The molecule has 1 aliphatic rings. The predicted molar refractivity (Wildman–Crippen MR) is 103 cm³/mol. The van der Waals surface area contributed by atoms with E-state index in [4.69, 9.17) is 10.5 Å². The number of amides is 1. The number of carbonyl (C=O) groups excluding carboxylic acids is 1. The van der Waals surface area contributed by atoms with Gasteiger partial charge in [0, 0.05) is 16.4 Å². The van der Waals surface area contributed by atoms with E-state index in [9.17, 15) is 18.0 Å². The van der Waals surface area contributed by atoms with Gasteiger partial charge in [0.25, 0.3) is 12.3 Å². The Balaban J connectivity index is 0.000000221. The number of nitrogens with zero attached hydrogens (tertiary/aromatic N) is 2. The Hall–Kier alpha value is -2.46. The number of ether oxygens (including phenoxy) is 1. The molecule has 1 aromatic carbocycles. The monoisotopic (exact) mass is 458 g/mol. The zero-order valence-corrected chi connectivity index (χ0v) is 16.4. The maximum absolute atomic E-state index is 12.7. The van der Waals surface area contributed by atoms with Gasteiger partial charge < -0.3 is 15.8 Å². The summed E-state index contributed by atoms with van der Waals surface area (Å²) in [4.78, 5) is 19.3. The van der Waals surface area contributed by atoms with Gasteiger partial charge in [-0.15, -0.1) is 0 Å². The molecule has 0 fully saturated rings. The van der Waals surface area contributed by atoms with Crippen molar-refractivity contribution >= 4 is 33.4 Å². The van der Waals surface area contributed by atoms with E-state index in [2.05, 4.69) is 31.2 Å². The minimum atomic E-state index is -2.49. The molecule has 3 N–H and O–H groups in total. The van der Waals surface area contributed by atoms with Gasteiger partial charge in [-0.05, 0) is 59.3 Å². The highest BCUT2D eigenvalue weighted by Crippen LogP contribution is 2.13. The zero-order valence-electron chi connectivity index (χ0n) is 14.8. The first kappa shape index (κ1) is 21.8. The number of nitrogens with one attached hydrogen (secondary N) is 1. The standard InChI is InChI=1S/C12H8BrFN2O.C6H10F2N2O/c13-8-1-6-11(15-7-8)12(17)16-10-4-2-9(14)3-5-10;1-3-6(9)10-4(2-11-3)5(7)8/h1-7H,(H,16,17);3-5H,2H2,1H3,(H2,9,10)/t;3-,4?/m.1/s1. The number of rotatable bonds is 3. The summed E-state index contributed by atoms with van der Waals surface area (Å²) in [5.41, 5.74) is 6.13. The van der Waals surface area contributed by atoms with Crippen LogP contribution >= 0.6 is 15.9 Å². The van der Waals surface area contributed by atoms with E-state index in [0.717, 1.165) is 4.47 Å². The first-order valence-electron chi connectivity index (χ1n) is 8.17. The third-order valence-corrected chi connectivity index (χ3v) is 4.07. The van der Waals surface area contributed by atoms with E-state index >= 15 is 0 Å². The van der Waals surface area contributed by atoms with Crippen molar-refractivity contribution in [3.8, 4) is 0 Å². The third-order valence-electron chi connectivity index (χ3n) is 3.60. The number of aromatic nitrogens is 1. The number of nitrogens with two attached hydrogens (primary N) is 1. The largest absolute Gasteiger partial charge is 0.385 e. The minimum Gasteiger partial charge on any atom is -0.385 e. The van der Waals surface area contributed by atoms with Crippen LogP contribution in [0.25, 0.3) is 0 Å². The maximum atomic E-state index is 12.7. The molecule has 2 heterocycles. The van der Waals surface area contributed by atoms with Crippen LogP contribution in [0.1, 0.15) is 17.4 Å². The Labute approximate surface area is 168 Å². The fraction of sp³-hybridized carbons (Fsp3) is 0.278. The molecule has 0 saturated carbocycles. The van der Waals surface area contributed by atoms with Gasteiger partial charge >= 0.3 is 0 Å². The lowest BCUT2D eigenvalue weighted by atomic mass is 10.2. The number of alkyl halides is 2. The molecule has 1 aromatic heterocycles. The molecule has 1 aliphatic heterocycles. The van der Waals surface area contributed by atoms with Crippen LogP contribution in [0.5, 0.6) is 0 Å². The topological polar surface area (TPSA) is 89.6 Å². The molecule has 6 nitrogen and oxygen atoms in total. The number of aliphatic imine (C=N–C) groups is 1. The highest BCUT2D eigenvalue weighted by atomic mass is 79.9. The second-order valence-corrected chi connectivity index (χ2v) is 6.67. The first-order valence-corrected chi connectivity index (χ1v) is 8.97. The average molecular weight is 459 g/mol. The number of hydrogen-bond donors (Lipinski definition) is 2. The summed E-state index contributed by atoms with van der Waals surface area (Å²) in [6.45, 7) is 1.64. The Kier molecular flexibility index (Phi) is 7.94. The molecule has 10 heteroatoms. The van der Waals surface area contributed by atoms with Gasteiger partial charge in [-0.1, -0.05) is 0 Å². The molecule has 0 bridgehead atoms. The summed E-state index contributed by atoms with van der Waals surface area (Å²) in [6, 6.07) is 7.80. The van der Waals surface area contributed by atoms with Crippen LogP contribution in [0.3, 0.4) is 0 Å². The quantitative estimate of drug-likeness (QED) is 0.734. The van der Waals surface area contributed by atoms with Crippen molar-refractivity contribution < 1.29 is 22.7 Å². The van der Waals surface area contributed by atoms with Crippen molar-refractivity contribution in [2.24, 2.45) is 10.7 Å². The Morgan fingerprint density at radius 2 is 1.96 bits per heavy atom.